The van der Waals surface area contributed by atoms with Crippen molar-refractivity contribution in [3.63, 3.8) is 0 Å². The first-order valence-electron chi connectivity index (χ1n) is 11.8. The predicted octanol–water partition coefficient (Wildman–Crippen LogP) is 4.97. The fourth-order valence-electron chi connectivity index (χ4n) is 4.36. The van der Waals surface area contributed by atoms with Crippen LogP contribution in [0.4, 0.5) is 11.4 Å². The zero-order valence-corrected chi connectivity index (χ0v) is 23.2. The summed E-state index contributed by atoms with van der Waals surface area (Å²) in [4.78, 5) is 8.16. The molecule has 0 aliphatic carbocycles. The molecule has 0 aliphatic rings. The number of rotatable bonds is 7. The molecule has 0 bridgehead atoms. The minimum absolute atomic E-state index is 0.576. The van der Waals surface area contributed by atoms with Gasteiger partial charge in [0.1, 0.15) is 15.5 Å². The van der Waals surface area contributed by atoms with Gasteiger partial charge in [-0.3, -0.25) is 4.31 Å². The molecule has 2 heterocycles. The van der Waals surface area contributed by atoms with Crippen molar-refractivity contribution in [3.05, 3.63) is 79.0 Å². The van der Waals surface area contributed by atoms with Crippen LogP contribution in [-0.2, 0) is 19.9 Å². The lowest BCUT2D eigenvalue weighted by Crippen LogP contribution is -2.28. The second-order valence-electron chi connectivity index (χ2n) is 9.35. The summed E-state index contributed by atoms with van der Waals surface area (Å²) < 4.78 is 42.8. The number of sulfonamides is 1. The van der Waals surface area contributed by atoms with Crippen LogP contribution in [0.3, 0.4) is 0 Å². The van der Waals surface area contributed by atoms with E-state index in [2.05, 4.69) is 27.7 Å². The topological polar surface area (TPSA) is 98.4 Å². The Kier molecular flexibility index (Phi) is 6.42. The third-order valence-electron chi connectivity index (χ3n) is 6.59. The first kappa shape index (κ1) is 25.8. The summed E-state index contributed by atoms with van der Waals surface area (Å²) in [6, 6.07) is 23.2. The highest BCUT2D eigenvalue weighted by Crippen LogP contribution is 2.41. The van der Waals surface area contributed by atoms with Crippen molar-refractivity contribution in [2.75, 3.05) is 36.4 Å². The molecule has 0 saturated heterocycles. The van der Waals surface area contributed by atoms with Crippen molar-refractivity contribution in [3.8, 4) is 22.3 Å². The van der Waals surface area contributed by atoms with Crippen LogP contribution in [0, 0.1) is 0 Å². The molecule has 1 unspecified atom stereocenters. The third kappa shape index (κ3) is 4.73. The minimum atomic E-state index is -3.37. The molecule has 196 valence electrons. The monoisotopic (exact) mass is 547 g/mol. The smallest absolute Gasteiger partial charge is 0.231 e. The van der Waals surface area contributed by atoms with E-state index in [1.807, 2.05) is 54.7 Å². The molecule has 0 amide bonds. The van der Waals surface area contributed by atoms with Crippen molar-refractivity contribution in [2.24, 2.45) is 0 Å². The highest BCUT2D eigenvalue weighted by Gasteiger charge is 2.19. The molecule has 5 rings (SSSR count). The molecule has 0 fully saturated rings. The number of aromatic amines is 1. The fraction of sp³-hybridized carbons (Fsp3) is 0.143. The van der Waals surface area contributed by atoms with Crippen LogP contribution in [0.2, 0.25) is 0 Å². The van der Waals surface area contributed by atoms with Gasteiger partial charge in [-0.25, -0.2) is 21.9 Å². The Labute approximate surface area is 223 Å². The Morgan fingerprint density at radius 3 is 2.21 bits per heavy atom. The number of fused-ring (bicyclic) bond motifs is 3. The van der Waals surface area contributed by atoms with Gasteiger partial charge >= 0.3 is 0 Å². The van der Waals surface area contributed by atoms with Gasteiger partial charge in [0.15, 0.2) is 0 Å². The second kappa shape index (κ2) is 9.46. The van der Waals surface area contributed by atoms with Gasteiger partial charge in [-0.1, -0.05) is 42.5 Å². The van der Waals surface area contributed by atoms with Crippen LogP contribution in [0.1, 0.15) is 0 Å². The highest BCUT2D eigenvalue weighted by atomic mass is 32.2. The minimum Gasteiger partial charge on any atom is -0.339 e. The second-order valence-corrected chi connectivity index (χ2v) is 13.6. The lowest BCUT2D eigenvalue weighted by atomic mass is 9.92. The van der Waals surface area contributed by atoms with Crippen molar-refractivity contribution >= 4 is 59.1 Å². The molecule has 0 radical (unpaired) electrons. The largest absolute Gasteiger partial charge is 0.339 e. The quantitative estimate of drug-likeness (QED) is 0.281. The van der Waals surface area contributed by atoms with Gasteiger partial charge in [0.25, 0.3) is 0 Å². The van der Waals surface area contributed by atoms with E-state index in [4.69, 9.17) is 4.98 Å². The molecule has 3 aromatic carbocycles. The number of anilines is 2. The number of H-pyrrole nitrogens is 1. The zero-order chi connectivity index (χ0) is 27.2. The number of aromatic nitrogens is 2. The van der Waals surface area contributed by atoms with Crippen molar-refractivity contribution < 1.29 is 12.6 Å². The average Bonchev–Trinajstić information content (AvgIpc) is 3.25. The normalized spacial score (nSPS) is 13.6. The van der Waals surface area contributed by atoms with E-state index < -0.39 is 19.9 Å². The zero-order valence-electron chi connectivity index (χ0n) is 21.6. The summed E-state index contributed by atoms with van der Waals surface area (Å²) in [6.07, 6.45) is 3.02. The maximum atomic E-state index is 12.9. The predicted molar refractivity (Wildman–Crippen MR) is 160 cm³/mol. The van der Waals surface area contributed by atoms with Gasteiger partial charge in [0, 0.05) is 60.4 Å². The van der Waals surface area contributed by atoms with Crippen molar-refractivity contribution in [2.45, 2.75) is 0 Å². The molecule has 8 nitrogen and oxygen atoms in total. The van der Waals surface area contributed by atoms with Crippen molar-refractivity contribution in [1.82, 2.24) is 14.3 Å². The fourth-order valence-corrected chi connectivity index (χ4v) is 5.54. The maximum Gasteiger partial charge on any atom is 0.231 e. The summed E-state index contributed by atoms with van der Waals surface area (Å²) in [7, 11) is -1.08. The van der Waals surface area contributed by atoms with Crippen LogP contribution in [0.25, 0.3) is 44.2 Å². The Hall–Kier alpha value is -3.86. The van der Waals surface area contributed by atoms with E-state index in [0.717, 1.165) is 44.2 Å². The molecular weight excluding hydrogens is 518 g/mol. The number of hydrogen-bond donors (Lipinski definition) is 2. The number of pyridine rings is 1. The van der Waals surface area contributed by atoms with Crippen LogP contribution in [0.5, 0.6) is 0 Å². The number of hydrogen-bond acceptors (Lipinski definition) is 4. The molecule has 0 spiro atoms. The van der Waals surface area contributed by atoms with E-state index >= 15 is 0 Å². The molecule has 2 aromatic heterocycles. The van der Waals surface area contributed by atoms with E-state index in [0.29, 0.717) is 11.4 Å². The molecule has 5 aromatic rings. The van der Waals surface area contributed by atoms with Crippen LogP contribution < -0.4 is 9.03 Å². The molecule has 0 aliphatic heterocycles. The summed E-state index contributed by atoms with van der Waals surface area (Å²) in [6.45, 7) is 0. The van der Waals surface area contributed by atoms with Gasteiger partial charge in [0.05, 0.1) is 11.9 Å². The summed E-state index contributed by atoms with van der Waals surface area (Å²) >= 11 is 0. The summed E-state index contributed by atoms with van der Waals surface area (Å²) in [5.74, 6) is 3.83. The average molecular weight is 548 g/mol. The highest BCUT2D eigenvalue weighted by molar-refractivity contribution is 7.99. The van der Waals surface area contributed by atoms with Crippen LogP contribution in [0.15, 0.2) is 79.0 Å². The number of nitrogens with zero attached hydrogens (tertiary/aromatic N) is 3. The van der Waals surface area contributed by atoms with Gasteiger partial charge in [-0.2, -0.15) is 0 Å². The van der Waals surface area contributed by atoms with Crippen LogP contribution in [-0.4, -0.2) is 60.2 Å². The van der Waals surface area contributed by atoms with E-state index in [9.17, 15) is 12.6 Å². The van der Waals surface area contributed by atoms with Crippen molar-refractivity contribution in [1.29, 1.82) is 0 Å². The Bertz CT molecular complexity index is 1860. The molecule has 2 N–H and O–H groups in total. The third-order valence-corrected chi connectivity index (χ3v) is 9.53. The SMILES string of the molecule is C=S(=O)(Nc1ccc2[nH]c3ncc(-c4ccc(N(C)S(C)(=O)=O)cc4)c(-c4ccccc4)c3c2c1)N(C)C. The molecule has 1 atom stereocenters. The molecular formula is C28H29N5O3S2. The van der Waals surface area contributed by atoms with Gasteiger partial charge < -0.3 is 9.71 Å². The summed E-state index contributed by atoms with van der Waals surface area (Å²) in [5.41, 5.74) is 6.71. The Morgan fingerprint density at radius 2 is 1.58 bits per heavy atom. The van der Waals surface area contributed by atoms with Gasteiger partial charge in [0.2, 0.25) is 10.0 Å². The Balaban J connectivity index is 1.74. The lowest BCUT2D eigenvalue weighted by Gasteiger charge is -2.19. The van der Waals surface area contributed by atoms with Gasteiger partial charge in [-0.05, 0) is 47.3 Å². The van der Waals surface area contributed by atoms with Crippen LogP contribution >= 0.6 is 0 Å². The first-order chi connectivity index (χ1) is 18.0. The van der Waals surface area contributed by atoms with E-state index in [1.54, 1.807) is 30.5 Å². The number of benzene rings is 3. The van der Waals surface area contributed by atoms with E-state index in [1.165, 1.54) is 17.6 Å². The molecule has 0 saturated carbocycles. The first-order valence-corrected chi connectivity index (χ1v) is 15.4. The lowest BCUT2D eigenvalue weighted by molar-refractivity contribution is 0.600. The maximum absolute atomic E-state index is 12.9. The number of nitrogens with one attached hydrogen (secondary N) is 2. The molecule has 10 heteroatoms. The van der Waals surface area contributed by atoms with Gasteiger partial charge in [-0.15, -0.1) is 0 Å². The standard InChI is InChI=1S/C28H29N5O3S2/c1-32(2)37(4,34)31-21-13-16-25-23(17-21)27-26(20-9-7-6-8-10-20)24(18-29-28(27)30-25)19-11-14-22(15-12-19)33(3)38(5,35)36/h6-18H,4H2,1-3,5H3,(H,29,30)(H,31,34). The van der Waals surface area contributed by atoms with E-state index in [-0.39, 0.29) is 0 Å². The summed E-state index contributed by atoms with van der Waals surface area (Å²) in [5, 5.41) is 1.87. The molecule has 38 heavy (non-hydrogen) atoms. The Morgan fingerprint density at radius 1 is 0.895 bits per heavy atom.